The molecule has 0 atom stereocenters. The Morgan fingerprint density at radius 3 is 2.64 bits per heavy atom. The summed E-state index contributed by atoms with van der Waals surface area (Å²) in [5.74, 6) is -0.0549. The molecule has 1 heterocycles. The maximum Gasteiger partial charge on any atom is 0.280 e. The van der Waals surface area contributed by atoms with Crippen LogP contribution in [0, 0.1) is 0 Å². The summed E-state index contributed by atoms with van der Waals surface area (Å²) in [5.41, 5.74) is 5.63. The molecule has 0 unspecified atom stereocenters. The Bertz CT molecular complexity index is 333. The van der Waals surface area contributed by atoms with Crippen molar-refractivity contribution < 1.29 is 13.9 Å². The van der Waals surface area contributed by atoms with E-state index in [0.717, 1.165) is 6.07 Å². The van der Waals surface area contributed by atoms with E-state index in [4.69, 9.17) is 22.4 Å². The number of aliphatic hydroxyl groups is 1. The molecule has 78 valence electrons. The molecule has 3 nitrogen and oxygen atoms in total. The molecule has 1 aromatic rings. The lowest BCUT2D eigenvalue weighted by Gasteiger charge is -2.09. The van der Waals surface area contributed by atoms with Crippen LogP contribution >= 0.6 is 11.6 Å². The van der Waals surface area contributed by atoms with Crippen LogP contribution in [0.2, 0.25) is 0 Å². The Balaban J connectivity index is 3.24. The quantitative estimate of drug-likeness (QED) is 0.768. The number of anilines is 1. The van der Waals surface area contributed by atoms with Crippen molar-refractivity contribution in [3.05, 3.63) is 23.0 Å². The second-order valence-electron chi connectivity index (χ2n) is 2.65. The predicted molar refractivity (Wildman–Crippen MR) is 49.1 cm³/mol. The summed E-state index contributed by atoms with van der Waals surface area (Å²) in [7, 11) is 0. The number of nitrogens with two attached hydrogens (primary N) is 1. The van der Waals surface area contributed by atoms with Crippen molar-refractivity contribution in [1.29, 1.82) is 0 Å². The van der Waals surface area contributed by atoms with Gasteiger partial charge in [0, 0.05) is 11.3 Å². The lowest BCUT2D eigenvalue weighted by atomic mass is 10.1. The number of hydrogen-bond acceptors (Lipinski definition) is 3. The number of pyridine rings is 1. The van der Waals surface area contributed by atoms with Gasteiger partial charge in [-0.25, -0.2) is 8.78 Å². The van der Waals surface area contributed by atoms with Crippen LogP contribution in [0.25, 0.3) is 0 Å². The van der Waals surface area contributed by atoms with E-state index in [-0.39, 0.29) is 23.9 Å². The molecule has 1 rings (SSSR count). The van der Waals surface area contributed by atoms with Crippen LogP contribution in [0.4, 0.5) is 14.5 Å². The van der Waals surface area contributed by atoms with Crippen molar-refractivity contribution in [2.45, 2.75) is 18.9 Å². The predicted octanol–water partition coefficient (Wildman–Crippen LogP) is 1.83. The Morgan fingerprint density at radius 1 is 1.57 bits per heavy atom. The largest absolute Gasteiger partial charge is 0.398 e. The van der Waals surface area contributed by atoms with Crippen LogP contribution in [0.3, 0.4) is 0 Å². The first-order chi connectivity index (χ1) is 6.60. The second-order valence-corrected chi connectivity index (χ2v) is 2.92. The summed E-state index contributed by atoms with van der Waals surface area (Å²) < 4.78 is 24.6. The number of nitrogen functional groups attached to an aromatic ring is 1. The van der Waals surface area contributed by atoms with Crippen LogP contribution in [0.5, 0.6) is 0 Å². The third-order valence-electron chi connectivity index (χ3n) is 1.77. The maximum atomic E-state index is 12.3. The van der Waals surface area contributed by atoms with Gasteiger partial charge in [0.25, 0.3) is 6.43 Å². The molecule has 0 aliphatic carbocycles. The molecule has 1 aromatic heterocycles. The number of nitrogens with zero attached hydrogens (tertiary/aromatic N) is 1. The van der Waals surface area contributed by atoms with Crippen LogP contribution < -0.4 is 5.73 Å². The van der Waals surface area contributed by atoms with Crippen LogP contribution in [-0.2, 0) is 12.5 Å². The zero-order chi connectivity index (χ0) is 10.7. The molecule has 6 heteroatoms. The second kappa shape index (κ2) is 4.52. The Kier molecular flexibility index (Phi) is 3.60. The highest BCUT2D eigenvalue weighted by atomic mass is 35.5. The van der Waals surface area contributed by atoms with Gasteiger partial charge in [-0.2, -0.15) is 0 Å². The zero-order valence-electron chi connectivity index (χ0n) is 7.17. The monoisotopic (exact) mass is 222 g/mol. The van der Waals surface area contributed by atoms with Crippen molar-refractivity contribution >= 4 is 17.3 Å². The topological polar surface area (TPSA) is 59.1 Å². The molecule has 0 amide bonds. The summed E-state index contributed by atoms with van der Waals surface area (Å²) in [5, 5.41) is 8.89. The zero-order valence-corrected chi connectivity index (χ0v) is 7.93. The average Bonchev–Trinajstić information content (AvgIpc) is 2.16. The fraction of sp³-hybridized carbons (Fsp3) is 0.375. The minimum absolute atomic E-state index is 0.0549. The minimum atomic E-state index is -2.69. The molecule has 3 N–H and O–H groups in total. The van der Waals surface area contributed by atoms with E-state index in [9.17, 15) is 8.78 Å². The lowest BCUT2D eigenvalue weighted by Crippen LogP contribution is -2.05. The summed E-state index contributed by atoms with van der Waals surface area (Å²) >= 11 is 5.49. The first kappa shape index (κ1) is 11.1. The van der Waals surface area contributed by atoms with Gasteiger partial charge in [0.1, 0.15) is 5.69 Å². The van der Waals surface area contributed by atoms with E-state index >= 15 is 0 Å². The van der Waals surface area contributed by atoms with E-state index in [1.54, 1.807) is 0 Å². The van der Waals surface area contributed by atoms with Gasteiger partial charge in [0.05, 0.1) is 18.2 Å². The van der Waals surface area contributed by atoms with Gasteiger partial charge in [0.2, 0.25) is 0 Å². The number of alkyl halides is 3. The molecule has 0 fully saturated rings. The van der Waals surface area contributed by atoms with Crippen molar-refractivity contribution in [3.8, 4) is 0 Å². The molecule has 0 radical (unpaired) electrons. The van der Waals surface area contributed by atoms with Crippen LogP contribution in [-0.4, -0.2) is 10.1 Å². The van der Waals surface area contributed by atoms with Crippen molar-refractivity contribution in [2.24, 2.45) is 0 Å². The van der Waals surface area contributed by atoms with Gasteiger partial charge in [-0.15, -0.1) is 11.6 Å². The van der Waals surface area contributed by atoms with E-state index in [0.29, 0.717) is 5.56 Å². The smallest absolute Gasteiger partial charge is 0.280 e. The van der Waals surface area contributed by atoms with Gasteiger partial charge in [-0.3, -0.25) is 4.98 Å². The first-order valence-electron chi connectivity index (χ1n) is 3.83. The summed E-state index contributed by atoms with van der Waals surface area (Å²) in [6.07, 6.45) is -2.69. The van der Waals surface area contributed by atoms with Gasteiger partial charge < -0.3 is 10.8 Å². The number of rotatable bonds is 3. The lowest BCUT2D eigenvalue weighted by molar-refractivity contribution is 0.145. The van der Waals surface area contributed by atoms with Crippen molar-refractivity contribution in [1.82, 2.24) is 4.98 Å². The first-order valence-corrected chi connectivity index (χ1v) is 4.36. The highest BCUT2D eigenvalue weighted by molar-refractivity contribution is 6.17. The van der Waals surface area contributed by atoms with Crippen molar-refractivity contribution in [3.63, 3.8) is 0 Å². The highest BCUT2D eigenvalue weighted by Crippen LogP contribution is 2.24. The van der Waals surface area contributed by atoms with Crippen LogP contribution in [0.15, 0.2) is 6.07 Å². The minimum Gasteiger partial charge on any atom is -0.398 e. The Hall–Kier alpha value is -0.940. The van der Waals surface area contributed by atoms with E-state index in [1.807, 2.05) is 0 Å². The molecule has 0 saturated heterocycles. The van der Waals surface area contributed by atoms with Gasteiger partial charge in [0.15, 0.2) is 0 Å². The average molecular weight is 223 g/mol. The summed E-state index contributed by atoms with van der Waals surface area (Å²) in [6.45, 7) is -0.357. The molecule has 0 aromatic carbocycles. The van der Waals surface area contributed by atoms with Gasteiger partial charge in [-0.1, -0.05) is 0 Å². The molecule has 0 aliphatic heterocycles. The maximum absolute atomic E-state index is 12.3. The SMILES string of the molecule is Nc1cc(C(F)F)nc(CCl)c1CO. The third kappa shape index (κ3) is 2.10. The van der Waals surface area contributed by atoms with E-state index in [1.165, 1.54) is 0 Å². The Morgan fingerprint density at radius 2 is 2.21 bits per heavy atom. The molecule has 14 heavy (non-hydrogen) atoms. The van der Waals surface area contributed by atoms with Gasteiger partial charge >= 0.3 is 0 Å². The summed E-state index contributed by atoms with van der Waals surface area (Å²) in [6, 6.07) is 1.05. The normalized spacial score (nSPS) is 10.9. The molecular weight excluding hydrogens is 214 g/mol. The number of hydrogen-bond donors (Lipinski definition) is 2. The summed E-state index contributed by atoms with van der Waals surface area (Å²) in [4.78, 5) is 3.60. The number of halogens is 3. The molecule has 0 aliphatic rings. The van der Waals surface area contributed by atoms with Crippen molar-refractivity contribution in [2.75, 3.05) is 5.73 Å². The van der Waals surface area contributed by atoms with Gasteiger partial charge in [-0.05, 0) is 6.07 Å². The number of aromatic nitrogens is 1. The molecule has 0 spiro atoms. The van der Waals surface area contributed by atoms with Crippen LogP contribution in [0.1, 0.15) is 23.4 Å². The van der Waals surface area contributed by atoms with E-state index in [2.05, 4.69) is 4.98 Å². The Labute approximate surface area is 84.5 Å². The molecular formula is C8H9ClF2N2O. The fourth-order valence-corrected chi connectivity index (χ4v) is 1.29. The third-order valence-corrected chi connectivity index (χ3v) is 2.03. The number of aliphatic hydroxyl groups excluding tert-OH is 1. The molecule has 0 bridgehead atoms. The fourth-order valence-electron chi connectivity index (χ4n) is 1.07. The standard InChI is InChI=1S/C8H9ClF2N2O/c9-2-7-4(3-14)5(12)1-6(13-7)8(10)11/h1,8,14H,2-3H2,(H2,12,13). The van der Waals surface area contributed by atoms with E-state index < -0.39 is 12.1 Å². The molecule has 0 saturated carbocycles. The highest BCUT2D eigenvalue weighted by Gasteiger charge is 2.14.